The lowest BCUT2D eigenvalue weighted by Crippen LogP contribution is -2.08. The van der Waals surface area contributed by atoms with Crippen molar-refractivity contribution in [3.8, 4) is 5.88 Å². The van der Waals surface area contributed by atoms with Crippen LogP contribution in [0.3, 0.4) is 0 Å². The third kappa shape index (κ3) is 3.95. The second kappa shape index (κ2) is 8.64. The van der Waals surface area contributed by atoms with Crippen LogP contribution in [-0.4, -0.2) is 59.3 Å². The first kappa shape index (κ1) is 18.2. The van der Waals surface area contributed by atoms with Gasteiger partial charge in [-0.1, -0.05) is 18.2 Å². The van der Waals surface area contributed by atoms with Crippen LogP contribution < -0.4 is 0 Å². The normalized spacial score (nSPS) is 12.2. The van der Waals surface area contributed by atoms with E-state index in [1.165, 1.54) is 0 Å². The van der Waals surface area contributed by atoms with E-state index in [2.05, 4.69) is 15.0 Å². The number of methoxy groups -OCH3 is 2. The van der Waals surface area contributed by atoms with Gasteiger partial charge in [0.15, 0.2) is 5.69 Å². The van der Waals surface area contributed by atoms with Crippen molar-refractivity contribution in [2.75, 3.05) is 34.0 Å². The highest BCUT2D eigenvalue weighted by Gasteiger charge is 2.19. The van der Waals surface area contributed by atoms with Gasteiger partial charge in [-0.2, -0.15) is 0 Å². The summed E-state index contributed by atoms with van der Waals surface area (Å²) in [5.41, 5.74) is 2.96. The lowest BCUT2D eigenvalue weighted by molar-refractivity contribution is 0.184. The zero-order valence-corrected chi connectivity index (χ0v) is 15.1. The number of fused-ring (bicyclic) bond motifs is 1. The van der Waals surface area contributed by atoms with Crippen LogP contribution in [0.2, 0.25) is 0 Å². The molecule has 0 spiro atoms. The van der Waals surface area contributed by atoms with E-state index in [9.17, 15) is 5.11 Å². The van der Waals surface area contributed by atoms with Crippen molar-refractivity contribution in [3.63, 3.8) is 0 Å². The molecule has 3 rings (SSSR count). The zero-order chi connectivity index (χ0) is 18.4. The Morgan fingerprint density at radius 1 is 1.23 bits per heavy atom. The maximum Gasteiger partial charge on any atom is 0.221 e. The van der Waals surface area contributed by atoms with Crippen LogP contribution in [0.1, 0.15) is 17.8 Å². The van der Waals surface area contributed by atoms with Crippen molar-refractivity contribution < 1.29 is 14.6 Å². The Balaban J connectivity index is 1.97. The largest absolute Gasteiger partial charge is 0.493 e. The quantitative estimate of drug-likeness (QED) is 0.456. The molecule has 1 aromatic carbocycles. The molecule has 0 aliphatic rings. The van der Waals surface area contributed by atoms with Crippen molar-refractivity contribution in [3.05, 3.63) is 48.0 Å². The molecule has 7 heteroatoms. The van der Waals surface area contributed by atoms with Crippen LogP contribution in [0.4, 0.5) is 0 Å². The second-order valence-electron chi connectivity index (χ2n) is 5.95. The number of aromatic amines is 1. The summed E-state index contributed by atoms with van der Waals surface area (Å²) in [6.45, 7) is 2.25. The van der Waals surface area contributed by atoms with Gasteiger partial charge in [0.25, 0.3) is 0 Å². The van der Waals surface area contributed by atoms with Gasteiger partial charge in [0.2, 0.25) is 5.88 Å². The minimum Gasteiger partial charge on any atom is -0.493 e. The maximum atomic E-state index is 10.6. The first-order chi connectivity index (χ1) is 12.7. The number of aromatic nitrogens is 3. The van der Waals surface area contributed by atoms with E-state index in [1.807, 2.05) is 30.3 Å². The summed E-state index contributed by atoms with van der Waals surface area (Å²) >= 11 is 0. The molecule has 0 radical (unpaired) electrons. The highest BCUT2D eigenvalue weighted by molar-refractivity contribution is 6.13. The van der Waals surface area contributed by atoms with Crippen molar-refractivity contribution in [1.29, 1.82) is 0 Å². The molecular weight excluding hydrogens is 332 g/mol. The molecule has 2 heterocycles. The van der Waals surface area contributed by atoms with Gasteiger partial charge < -0.3 is 19.6 Å². The number of imidazole rings is 1. The number of para-hydroxylation sites is 1. The fourth-order valence-corrected chi connectivity index (χ4v) is 2.78. The first-order valence-corrected chi connectivity index (χ1v) is 8.59. The monoisotopic (exact) mass is 356 g/mol. The van der Waals surface area contributed by atoms with Crippen LogP contribution in [-0.2, 0) is 16.0 Å². The van der Waals surface area contributed by atoms with Gasteiger partial charge in [0.1, 0.15) is 5.71 Å². The first-order valence-electron chi connectivity index (χ1n) is 8.59. The van der Waals surface area contributed by atoms with Gasteiger partial charge in [-0.15, -0.1) is 0 Å². The molecule has 2 N–H and O–H groups in total. The average molecular weight is 356 g/mol. The van der Waals surface area contributed by atoms with E-state index >= 15 is 0 Å². The Labute approximate surface area is 152 Å². The fraction of sp³-hybridized carbons (Fsp3) is 0.368. The Kier molecular flexibility index (Phi) is 6.04. The molecule has 26 heavy (non-hydrogen) atoms. The second-order valence-corrected chi connectivity index (χ2v) is 5.95. The topological polar surface area (TPSA) is 84.7 Å². The maximum absolute atomic E-state index is 10.6. The summed E-state index contributed by atoms with van der Waals surface area (Å²) in [7, 11) is 3.30. The van der Waals surface area contributed by atoms with E-state index in [0.29, 0.717) is 37.7 Å². The molecule has 0 aliphatic carbocycles. The summed E-state index contributed by atoms with van der Waals surface area (Å²) in [4.78, 5) is 12.4. The Bertz CT molecular complexity index is 849. The molecule has 0 amide bonds. The van der Waals surface area contributed by atoms with Crippen LogP contribution in [0.5, 0.6) is 5.88 Å². The predicted octanol–water partition coefficient (Wildman–Crippen LogP) is 2.59. The number of hydrogen-bond donors (Lipinski definition) is 2. The molecule has 0 fully saturated rings. The summed E-state index contributed by atoms with van der Waals surface area (Å²) < 4.78 is 11.8. The third-order valence-corrected chi connectivity index (χ3v) is 4.13. The van der Waals surface area contributed by atoms with E-state index in [4.69, 9.17) is 9.47 Å². The van der Waals surface area contributed by atoms with E-state index in [1.54, 1.807) is 25.1 Å². The molecule has 0 aliphatic heterocycles. The molecule has 0 saturated heterocycles. The number of aliphatic imine (C=N–C) groups is 1. The highest BCUT2D eigenvalue weighted by Crippen LogP contribution is 2.23. The number of benzene rings is 1. The van der Waals surface area contributed by atoms with Gasteiger partial charge in [-0.05, 0) is 18.6 Å². The predicted molar refractivity (Wildman–Crippen MR) is 101 cm³/mol. The van der Waals surface area contributed by atoms with Gasteiger partial charge in [0.05, 0.1) is 25.2 Å². The lowest BCUT2D eigenvalue weighted by atomic mass is 10.2. The molecule has 7 nitrogen and oxygen atoms in total. The van der Waals surface area contributed by atoms with E-state index < -0.39 is 0 Å². The Morgan fingerprint density at radius 2 is 2.04 bits per heavy atom. The highest BCUT2D eigenvalue weighted by atomic mass is 16.5. The summed E-state index contributed by atoms with van der Waals surface area (Å²) in [5.74, 6) is 0.0891. The molecule has 2 aromatic heterocycles. The number of nitrogens with zero attached hydrogens (tertiary/aromatic N) is 3. The summed E-state index contributed by atoms with van der Waals surface area (Å²) in [5, 5.41) is 11.7. The molecule has 138 valence electrons. The van der Waals surface area contributed by atoms with Crippen molar-refractivity contribution in [1.82, 2.24) is 14.5 Å². The summed E-state index contributed by atoms with van der Waals surface area (Å²) in [6.07, 6.45) is 2.41. The third-order valence-electron chi connectivity index (χ3n) is 4.13. The average Bonchev–Trinajstić information content (AvgIpc) is 3.24. The number of ether oxygens (including phenoxy) is 2. The number of rotatable bonds is 9. The number of aromatic hydroxyl groups is 1. The summed E-state index contributed by atoms with van der Waals surface area (Å²) in [6, 6.07) is 10.0. The molecule has 0 bridgehead atoms. The van der Waals surface area contributed by atoms with E-state index in [-0.39, 0.29) is 5.88 Å². The Hall–Kier alpha value is -2.64. The van der Waals surface area contributed by atoms with Crippen LogP contribution in [0.15, 0.2) is 41.7 Å². The van der Waals surface area contributed by atoms with Gasteiger partial charge in [-0.25, -0.2) is 4.98 Å². The van der Waals surface area contributed by atoms with Crippen molar-refractivity contribution >= 4 is 16.6 Å². The van der Waals surface area contributed by atoms with Crippen LogP contribution in [0, 0.1) is 0 Å². The zero-order valence-electron chi connectivity index (χ0n) is 15.1. The van der Waals surface area contributed by atoms with Crippen molar-refractivity contribution in [2.45, 2.75) is 13.0 Å². The van der Waals surface area contributed by atoms with E-state index in [0.717, 1.165) is 23.0 Å². The molecular formula is C19H24N4O3. The minimum absolute atomic E-state index is 0.0891. The number of H-pyrrole nitrogens is 1. The van der Waals surface area contributed by atoms with Crippen LogP contribution in [0.25, 0.3) is 10.9 Å². The molecule has 3 aromatic rings. The number of nitrogens with one attached hydrogen (secondary N) is 1. The smallest absolute Gasteiger partial charge is 0.221 e. The molecule has 0 unspecified atom stereocenters. The fourth-order valence-electron chi connectivity index (χ4n) is 2.78. The SMILES string of the molecule is COCCCN=C(c1cc2ccccc2[nH]1)c1ncn(CCOC)c1O. The van der Waals surface area contributed by atoms with Gasteiger partial charge >= 0.3 is 0 Å². The number of hydrogen-bond acceptors (Lipinski definition) is 5. The molecule has 0 saturated carbocycles. The minimum atomic E-state index is 0.0891. The lowest BCUT2D eigenvalue weighted by Gasteiger charge is -2.06. The van der Waals surface area contributed by atoms with Crippen LogP contribution >= 0.6 is 0 Å². The molecule has 0 atom stereocenters. The van der Waals surface area contributed by atoms with Gasteiger partial charge in [-0.3, -0.25) is 9.56 Å². The standard InChI is InChI=1S/C19H24N4O3/c1-25-10-5-8-20-17(16-12-14-6-3-4-7-15(14)22-16)18-19(24)23(13-21-18)9-11-26-2/h3-4,6-7,12-13,22,24H,5,8-11H2,1-2H3. The van der Waals surface area contributed by atoms with Crippen molar-refractivity contribution in [2.24, 2.45) is 4.99 Å². The Morgan fingerprint density at radius 3 is 2.81 bits per heavy atom. The van der Waals surface area contributed by atoms with Gasteiger partial charge in [0, 0.05) is 38.3 Å².